The highest BCUT2D eigenvalue weighted by Gasteiger charge is 2.27. The molecule has 8 heteroatoms. The van der Waals surface area contributed by atoms with E-state index in [0.717, 1.165) is 16.9 Å². The molecule has 31 heavy (non-hydrogen) atoms. The first-order valence-corrected chi connectivity index (χ1v) is 10.8. The number of hydrogen-bond donors (Lipinski definition) is 2. The molecule has 0 fully saturated rings. The summed E-state index contributed by atoms with van der Waals surface area (Å²) in [5.74, 6) is -1.39. The smallest absolute Gasteiger partial charge is 0.341 e. The average molecular weight is 457 g/mol. The molecule has 2 amide bonds. The van der Waals surface area contributed by atoms with Gasteiger partial charge in [0.2, 0.25) is 0 Å². The maximum absolute atomic E-state index is 12.9. The zero-order valence-corrected chi connectivity index (χ0v) is 18.8. The van der Waals surface area contributed by atoms with Gasteiger partial charge in [0.1, 0.15) is 5.00 Å². The number of nitrogens with one attached hydrogen (secondary N) is 2. The van der Waals surface area contributed by atoms with Crippen LogP contribution in [0.3, 0.4) is 0 Å². The number of anilines is 2. The van der Waals surface area contributed by atoms with E-state index in [2.05, 4.69) is 10.6 Å². The molecule has 0 radical (unpaired) electrons. The summed E-state index contributed by atoms with van der Waals surface area (Å²) in [4.78, 5) is 38.4. The SMILES string of the molecule is CCOC(=O)c1c(NC(=O)c2ccccc2)sc(C(=O)Nc2ccc(C)c(Cl)c2)c1C. The molecule has 3 aromatic rings. The Morgan fingerprint density at radius 2 is 1.71 bits per heavy atom. The number of amides is 2. The number of rotatable bonds is 6. The maximum Gasteiger partial charge on any atom is 0.341 e. The van der Waals surface area contributed by atoms with Crippen LogP contribution in [0.5, 0.6) is 0 Å². The Morgan fingerprint density at radius 3 is 2.35 bits per heavy atom. The highest BCUT2D eigenvalue weighted by atomic mass is 35.5. The molecule has 1 heterocycles. The minimum Gasteiger partial charge on any atom is -0.462 e. The van der Waals surface area contributed by atoms with Crippen molar-refractivity contribution < 1.29 is 19.1 Å². The molecule has 3 rings (SSSR count). The fourth-order valence-corrected chi connectivity index (χ4v) is 4.16. The summed E-state index contributed by atoms with van der Waals surface area (Å²) >= 11 is 7.16. The van der Waals surface area contributed by atoms with Gasteiger partial charge in [-0.25, -0.2) is 4.79 Å². The molecule has 0 saturated heterocycles. The summed E-state index contributed by atoms with van der Waals surface area (Å²) in [5.41, 5.74) is 2.46. The third kappa shape index (κ3) is 5.13. The lowest BCUT2D eigenvalue weighted by atomic mass is 10.1. The molecule has 2 N–H and O–H groups in total. The molecule has 0 aliphatic heterocycles. The van der Waals surface area contributed by atoms with E-state index >= 15 is 0 Å². The Balaban J connectivity index is 1.94. The summed E-state index contributed by atoms with van der Waals surface area (Å²) in [6.07, 6.45) is 0. The molecule has 0 saturated carbocycles. The first-order chi connectivity index (χ1) is 14.8. The van der Waals surface area contributed by atoms with Crippen LogP contribution in [0.15, 0.2) is 48.5 Å². The molecule has 1 aromatic heterocycles. The van der Waals surface area contributed by atoms with Gasteiger partial charge in [-0.3, -0.25) is 9.59 Å². The molecule has 160 valence electrons. The zero-order valence-electron chi connectivity index (χ0n) is 17.2. The third-order valence-corrected chi connectivity index (χ3v) is 6.14. The molecular weight excluding hydrogens is 436 g/mol. The van der Waals surface area contributed by atoms with Gasteiger partial charge in [0.15, 0.2) is 0 Å². The fourth-order valence-electron chi connectivity index (χ4n) is 2.89. The van der Waals surface area contributed by atoms with Gasteiger partial charge in [-0.2, -0.15) is 0 Å². The quantitative estimate of drug-likeness (QED) is 0.466. The Bertz CT molecular complexity index is 1140. The van der Waals surface area contributed by atoms with E-state index in [4.69, 9.17) is 16.3 Å². The van der Waals surface area contributed by atoms with Crippen LogP contribution in [0.4, 0.5) is 10.7 Å². The lowest BCUT2D eigenvalue weighted by molar-refractivity contribution is 0.0527. The van der Waals surface area contributed by atoms with Crippen LogP contribution in [0.25, 0.3) is 0 Å². The van der Waals surface area contributed by atoms with Gasteiger partial charge in [0.05, 0.1) is 17.0 Å². The standard InChI is InChI=1S/C23H21ClN2O4S/c1-4-30-23(29)18-14(3)19(21(28)25-16-11-10-13(2)17(24)12-16)31-22(18)26-20(27)15-8-6-5-7-9-15/h5-12H,4H2,1-3H3,(H,25,28)(H,26,27). The lowest BCUT2D eigenvalue weighted by Gasteiger charge is -2.07. The number of benzene rings is 2. The highest BCUT2D eigenvalue weighted by Crippen LogP contribution is 2.35. The molecule has 6 nitrogen and oxygen atoms in total. The third-order valence-electron chi connectivity index (χ3n) is 4.53. The van der Waals surface area contributed by atoms with Gasteiger partial charge in [0.25, 0.3) is 11.8 Å². The minimum atomic E-state index is -0.600. The number of hydrogen-bond acceptors (Lipinski definition) is 5. The predicted octanol–water partition coefficient (Wildman–Crippen LogP) is 5.70. The second-order valence-corrected chi connectivity index (χ2v) is 8.15. The minimum absolute atomic E-state index is 0.170. The van der Waals surface area contributed by atoms with Crippen molar-refractivity contribution in [2.75, 3.05) is 17.2 Å². The summed E-state index contributed by atoms with van der Waals surface area (Å²) in [6, 6.07) is 13.8. The lowest BCUT2D eigenvalue weighted by Crippen LogP contribution is -2.15. The van der Waals surface area contributed by atoms with Crippen molar-refractivity contribution >= 4 is 51.4 Å². The van der Waals surface area contributed by atoms with E-state index < -0.39 is 11.9 Å². The van der Waals surface area contributed by atoms with Crippen LogP contribution in [-0.2, 0) is 4.74 Å². The van der Waals surface area contributed by atoms with Crippen molar-refractivity contribution in [2.24, 2.45) is 0 Å². The second-order valence-electron chi connectivity index (χ2n) is 6.72. The van der Waals surface area contributed by atoms with Gasteiger partial charge in [-0.15, -0.1) is 11.3 Å². The summed E-state index contributed by atoms with van der Waals surface area (Å²) in [7, 11) is 0. The van der Waals surface area contributed by atoms with Crippen molar-refractivity contribution in [1.29, 1.82) is 0 Å². The molecule has 0 spiro atoms. The van der Waals surface area contributed by atoms with Crippen LogP contribution in [-0.4, -0.2) is 24.4 Å². The Hall–Kier alpha value is -3.16. The van der Waals surface area contributed by atoms with E-state index in [0.29, 0.717) is 26.7 Å². The molecule has 0 unspecified atom stereocenters. The molecule has 0 bridgehead atoms. The van der Waals surface area contributed by atoms with E-state index in [1.807, 2.05) is 6.92 Å². The molecular formula is C23H21ClN2O4S. The Labute approximate surface area is 189 Å². The van der Waals surface area contributed by atoms with E-state index in [1.54, 1.807) is 62.4 Å². The number of carbonyl (C=O) groups excluding carboxylic acids is 3. The van der Waals surface area contributed by atoms with Gasteiger partial charge < -0.3 is 15.4 Å². The average Bonchev–Trinajstić information content (AvgIpc) is 3.07. The van der Waals surface area contributed by atoms with Crippen molar-refractivity contribution in [3.63, 3.8) is 0 Å². The second kappa shape index (κ2) is 9.76. The Kier molecular flexibility index (Phi) is 7.09. The van der Waals surface area contributed by atoms with Gasteiger partial charge in [0, 0.05) is 16.3 Å². The molecule has 0 aliphatic carbocycles. The largest absolute Gasteiger partial charge is 0.462 e. The summed E-state index contributed by atoms with van der Waals surface area (Å²) in [5, 5.41) is 6.32. The van der Waals surface area contributed by atoms with Crippen molar-refractivity contribution in [3.8, 4) is 0 Å². The fraction of sp³-hybridized carbons (Fsp3) is 0.174. The van der Waals surface area contributed by atoms with Crippen molar-refractivity contribution in [2.45, 2.75) is 20.8 Å². The van der Waals surface area contributed by atoms with Crippen LogP contribution < -0.4 is 10.6 Å². The number of halogens is 1. The van der Waals surface area contributed by atoms with E-state index in [9.17, 15) is 14.4 Å². The van der Waals surface area contributed by atoms with Crippen LogP contribution in [0.2, 0.25) is 5.02 Å². The molecule has 2 aromatic carbocycles. The topological polar surface area (TPSA) is 84.5 Å². The summed E-state index contributed by atoms with van der Waals surface area (Å²) in [6.45, 7) is 5.38. The number of thiophene rings is 1. The first kappa shape index (κ1) is 22.5. The molecule has 0 atom stereocenters. The van der Waals surface area contributed by atoms with E-state index in [1.165, 1.54) is 0 Å². The normalized spacial score (nSPS) is 10.5. The Morgan fingerprint density at radius 1 is 1.00 bits per heavy atom. The summed E-state index contributed by atoms with van der Waals surface area (Å²) < 4.78 is 5.14. The van der Waals surface area contributed by atoms with Crippen LogP contribution >= 0.6 is 22.9 Å². The van der Waals surface area contributed by atoms with Crippen molar-refractivity contribution in [3.05, 3.63) is 80.7 Å². The van der Waals surface area contributed by atoms with Crippen molar-refractivity contribution in [1.82, 2.24) is 0 Å². The zero-order chi connectivity index (χ0) is 22.5. The number of ether oxygens (including phenoxy) is 1. The molecule has 0 aliphatic rings. The van der Waals surface area contributed by atoms with Gasteiger partial charge in [-0.1, -0.05) is 35.9 Å². The monoisotopic (exact) mass is 456 g/mol. The predicted molar refractivity (Wildman–Crippen MR) is 124 cm³/mol. The van der Waals surface area contributed by atoms with Crippen LogP contribution in [0.1, 0.15) is 48.4 Å². The maximum atomic E-state index is 12.9. The highest BCUT2D eigenvalue weighted by molar-refractivity contribution is 7.19. The van der Waals surface area contributed by atoms with Gasteiger partial charge >= 0.3 is 5.97 Å². The van der Waals surface area contributed by atoms with Crippen LogP contribution in [0, 0.1) is 13.8 Å². The van der Waals surface area contributed by atoms with E-state index in [-0.39, 0.29) is 23.1 Å². The number of aryl methyl sites for hydroxylation is 1. The van der Waals surface area contributed by atoms with Gasteiger partial charge in [-0.05, 0) is 56.2 Å². The first-order valence-electron chi connectivity index (χ1n) is 9.56. The number of esters is 1. The number of carbonyl (C=O) groups is 3.